The van der Waals surface area contributed by atoms with Crippen LogP contribution >= 0.6 is 0 Å². The second-order valence-electron chi connectivity index (χ2n) is 6.32. The normalized spacial score (nSPS) is 12.8. The summed E-state index contributed by atoms with van der Waals surface area (Å²) >= 11 is 0. The summed E-state index contributed by atoms with van der Waals surface area (Å²) in [5, 5.41) is 42.8. The molecule has 0 saturated carbocycles. The van der Waals surface area contributed by atoms with Gasteiger partial charge in [0.25, 0.3) is 28.8 Å². The summed E-state index contributed by atoms with van der Waals surface area (Å²) < 4.78 is 1.06. The van der Waals surface area contributed by atoms with E-state index in [2.05, 4.69) is 31.0 Å². The number of nitro benzene ring substituents is 2. The second-order valence-corrected chi connectivity index (χ2v) is 6.32. The first-order chi connectivity index (χ1) is 15.3. The Morgan fingerprint density at radius 1 is 0.906 bits per heavy atom. The Labute approximate surface area is 177 Å². The van der Waals surface area contributed by atoms with Gasteiger partial charge in [0.2, 0.25) is 0 Å². The predicted octanol–water partition coefficient (Wildman–Crippen LogP) is 2.51. The Bertz CT molecular complexity index is 1330. The van der Waals surface area contributed by atoms with Gasteiger partial charge >= 0.3 is 0 Å². The SMILES string of the molecule is Cc1nnc2n(c1=O)NC(N=Nc1ccc([N+](=O)[O-])cc1)=NN2c1ccc([N+](=O)[O-])cc1. The molecule has 2 heterocycles. The predicted molar refractivity (Wildman–Crippen MR) is 111 cm³/mol. The van der Waals surface area contributed by atoms with E-state index in [0.717, 1.165) is 4.68 Å². The molecule has 0 radical (unpaired) electrons. The van der Waals surface area contributed by atoms with E-state index in [1.807, 2.05) is 0 Å². The number of rotatable bonds is 4. The fraction of sp³-hybridized carbons (Fsp3) is 0.0588. The van der Waals surface area contributed by atoms with Crippen molar-refractivity contribution in [3.63, 3.8) is 0 Å². The van der Waals surface area contributed by atoms with Gasteiger partial charge in [-0.15, -0.1) is 25.5 Å². The smallest absolute Gasteiger partial charge is 0.265 e. The lowest BCUT2D eigenvalue weighted by Gasteiger charge is -2.25. The van der Waals surface area contributed by atoms with Crippen molar-refractivity contribution >= 4 is 34.7 Å². The van der Waals surface area contributed by atoms with Crippen LogP contribution in [0.3, 0.4) is 0 Å². The number of nitrogens with one attached hydrogen (secondary N) is 1. The lowest BCUT2D eigenvalue weighted by atomic mass is 10.3. The summed E-state index contributed by atoms with van der Waals surface area (Å²) in [6.07, 6.45) is 0. The molecule has 15 nitrogen and oxygen atoms in total. The van der Waals surface area contributed by atoms with Crippen LogP contribution in [0.5, 0.6) is 0 Å². The molecular weight excluding hydrogens is 424 g/mol. The quantitative estimate of drug-likeness (QED) is 0.364. The van der Waals surface area contributed by atoms with Gasteiger partial charge in [-0.05, 0) is 31.2 Å². The van der Waals surface area contributed by atoms with E-state index in [1.54, 1.807) is 0 Å². The molecular formula is C17H12N10O5. The van der Waals surface area contributed by atoms with Gasteiger partial charge in [0.15, 0.2) is 0 Å². The largest absolute Gasteiger partial charge is 0.295 e. The lowest BCUT2D eigenvalue weighted by molar-refractivity contribution is -0.385. The van der Waals surface area contributed by atoms with E-state index in [0.29, 0.717) is 11.4 Å². The van der Waals surface area contributed by atoms with E-state index in [9.17, 15) is 25.0 Å². The molecule has 1 N–H and O–H groups in total. The van der Waals surface area contributed by atoms with Crippen molar-refractivity contribution in [2.45, 2.75) is 6.92 Å². The number of hydrogen-bond acceptors (Lipinski definition) is 12. The first kappa shape index (κ1) is 20.2. The summed E-state index contributed by atoms with van der Waals surface area (Å²) in [6.45, 7) is 1.48. The van der Waals surface area contributed by atoms with E-state index in [1.165, 1.54) is 60.5 Å². The summed E-state index contributed by atoms with van der Waals surface area (Å²) in [7, 11) is 0. The summed E-state index contributed by atoms with van der Waals surface area (Å²) in [5.41, 5.74) is 2.70. The van der Waals surface area contributed by atoms with Crippen molar-refractivity contribution in [3.8, 4) is 0 Å². The van der Waals surface area contributed by atoms with E-state index < -0.39 is 15.4 Å². The average molecular weight is 436 g/mol. The van der Waals surface area contributed by atoms with Crippen molar-refractivity contribution in [1.82, 2.24) is 14.9 Å². The number of nitrogens with zero attached hydrogens (tertiary/aromatic N) is 9. The van der Waals surface area contributed by atoms with Gasteiger partial charge < -0.3 is 0 Å². The van der Waals surface area contributed by atoms with E-state index >= 15 is 0 Å². The third kappa shape index (κ3) is 3.84. The minimum absolute atomic E-state index is 0.00346. The molecule has 0 spiro atoms. The molecule has 0 aliphatic carbocycles. The van der Waals surface area contributed by atoms with Crippen molar-refractivity contribution < 1.29 is 9.85 Å². The number of guanidine groups is 1. The van der Waals surface area contributed by atoms with Gasteiger partial charge in [-0.3, -0.25) is 30.4 Å². The highest BCUT2D eigenvalue weighted by atomic mass is 16.6. The fourth-order valence-corrected chi connectivity index (χ4v) is 2.64. The van der Waals surface area contributed by atoms with Crippen LogP contribution in [0.25, 0.3) is 0 Å². The summed E-state index contributed by atoms with van der Waals surface area (Å²) in [6, 6.07) is 10.7. The molecule has 2 aromatic carbocycles. The monoisotopic (exact) mass is 436 g/mol. The molecule has 0 unspecified atom stereocenters. The van der Waals surface area contributed by atoms with Gasteiger partial charge in [0.05, 0.1) is 21.2 Å². The highest BCUT2D eigenvalue weighted by molar-refractivity contribution is 5.91. The number of hydrogen-bond donors (Lipinski definition) is 1. The molecule has 1 aliphatic rings. The molecule has 32 heavy (non-hydrogen) atoms. The number of nitro groups is 2. The highest BCUT2D eigenvalue weighted by Crippen LogP contribution is 2.27. The Hall–Kier alpha value is -5.08. The molecule has 1 aliphatic heterocycles. The second kappa shape index (κ2) is 7.98. The van der Waals surface area contributed by atoms with E-state index in [-0.39, 0.29) is 29.0 Å². The van der Waals surface area contributed by atoms with Crippen LogP contribution in [-0.2, 0) is 0 Å². The van der Waals surface area contributed by atoms with Crippen molar-refractivity contribution in [1.29, 1.82) is 0 Å². The zero-order valence-corrected chi connectivity index (χ0v) is 16.2. The number of aryl methyl sites for hydroxylation is 1. The van der Waals surface area contributed by atoms with Crippen LogP contribution in [-0.4, -0.2) is 30.7 Å². The zero-order chi connectivity index (χ0) is 22.8. The third-order valence-corrected chi connectivity index (χ3v) is 4.22. The minimum atomic E-state index is -0.545. The Morgan fingerprint density at radius 2 is 1.50 bits per heavy atom. The van der Waals surface area contributed by atoms with Crippen molar-refractivity contribution in [3.05, 3.63) is 84.8 Å². The van der Waals surface area contributed by atoms with Crippen LogP contribution in [0.4, 0.5) is 28.7 Å². The van der Waals surface area contributed by atoms with E-state index in [4.69, 9.17) is 0 Å². The maximum atomic E-state index is 12.5. The van der Waals surface area contributed by atoms with Crippen LogP contribution in [0.2, 0.25) is 0 Å². The number of azo groups is 1. The minimum Gasteiger partial charge on any atom is -0.265 e. The average Bonchev–Trinajstić information content (AvgIpc) is 2.80. The molecule has 0 saturated heterocycles. The number of hydrazone groups is 1. The highest BCUT2D eigenvalue weighted by Gasteiger charge is 2.25. The van der Waals surface area contributed by atoms with Gasteiger partial charge in [-0.25, -0.2) is 0 Å². The molecule has 4 rings (SSSR count). The molecule has 1 aromatic heterocycles. The Balaban J connectivity index is 1.72. The topological polar surface area (TPSA) is 186 Å². The van der Waals surface area contributed by atoms with Crippen molar-refractivity contribution in [2.75, 3.05) is 10.4 Å². The number of anilines is 2. The van der Waals surface area contributed by atoms with Crippen LogP contribution in [0, 0.1) is 27.2 Å². The first-order valence-electron chi connectivity index (χ1n) is 8.86. The van der Waals surface area contributed by atoms with Gasteiger partial charge in [-0.2, -0.15) is 9.69 Å². The summed E-state index contributed by atoms with van der Waals surface area (Å²) in [5.74, 6) is -0.104. The molecule has 0 amide bonds. The number of benzene rings is 2. The van der Waals surface area contributed by atoms with Crippen LogP contribution < -0.4 is 16.0 Å². The number of aromatic nitrogens is 3. The van der Waals surface area contributed by atoms with Gasteiger partial charge in [0.1, 0.15) is 5.69 Å². The first-order valence-corrected chi connectivity index (χ1v) is 8.86. The Kier molecular flexibility index (Phi) is 5.04. The Morgan fingerprint density at radius 3 is 2.09 bits per heavy atom. The zero-order valence-electron chi connectivity index (χ0n) is 16.2. The standard InChI is InChI=1S/C17H12N10O5/c1-10-15(28)25-17(21-18-10)24(12-6-8-14(9-7-12)27(31)32)22-16(23-25)20-19-11-2-4-13(5-3-11)26(29)30/h2-9H,1H3,(H,22,23). The fourth-order valence-electron chi connectivity index (χ4n) is 2.64. The molecule has 0 atom stereocenters. The number of non-ortho nitro benzene ring substituents is 2. The maximum Gasteiger partial charge on any atom is 0.295 e. The maximum absolute atomic E-state index is 12.5. The lowest BCUT2D eigenvalue weighted by Crippen LogP contribution is -2.42. The van der Waals surface area contributed by atoms with Gasteiger partial charge in [-0.1, -0.05) is 0 Å². The molecule has 160 valence electrons. The van der Waals surface area contributed by atoms with Gasteiger partial charge in [0, 0.05) is 24.3 Å². The molecule has 15 heteroatoms. The molecule has 0 fully saturated rings. The third-order valence-electron chi connectivity index (χ3n) is 4.22. The molecule has 0 bridgehead atoms. The van der Waals surface area contributed by atoms with Crippen LogP contribution in [0.15, 0.2) is 68.7 Å². The summed E-state index contributed by atoms with van der Waals surface area (Å²) in [4.78, 5) is 33.1. The van der Waals surface area contributed by atoms with Crippen molar-refractivity contribution in [2.24, 2.45) is 15.3 Å². The molecule has 3 aromatic rings. The number of fused-ring (bicyclic) bond motifs is 1. The van der Waals surface area contributed by atoms with Crippen LogP contribution in [0.1, 0.15) is 5.69 Å².